The number of carbonyl (C=O) groups excluding carboxylic acids is 1. The Morgan fingerprint density at radius 3 is 2.50 bits per heavy atom. The number of thiocarbonyl (C=S) groups is 1. The molecule has 74 valence electrons. The summed E-state index contributed by atoms with van der Waals surface area (Å²) in [5.74, 6) is -0.651. The lowest BCUT2D eigenvalue weighted by Crippen LogP contribution is -2.20. The van der Waals surface area contributed by atoms with Gasteiger partial charge in [0.15, 0.2) is 0 Å². The van der Waals surface area contributed by atoms with Crippen LogP contribution in [0.4, 0.5) is 10.1 Å². The molecular weight excluding hydrogens is 203 g/mol. The van der Waals surface area contributed by atoms with Crippen molar-refractivity contribution in [2.45, 2.75) is 6.42 Å². The van der Waals surface area contributed by atoms with Gasteiger partial charge in [0.2, 0.25) is 5.91 Å². The quantitative estimate of drug-likeness (QED) is 0.745. The fourth-order valence-corrected chi connectivity index (χ4v) is 1.03. The third-order valence-corrected chi connectivity index (χ3v) is 1.61. The zero-order valence-corrected chi connectivity index (χ0v) is 8.10. The van der Waals surface area contributed by atoms with Crippen LogP contribution in [0.25, 0.3) is 0 Å². The molecule has 0 atom stereocenters. The Hall–Kier alpha value is -1.49. The van der Waals surface area contributed by atoms with Crippen molar-refractivity contribution in [1.82, 2.24) is 0 Å². The van der Waals surface area contributed by atoms with Gasteiger partial charge in [0.1, 0.15) is 5.82 Å². The van der Waals surface area contributed by atoms with Gasteiger partial charge in [-0.1, -0.05) is 12.2 Å². The van der Waals surface area contributed by atoms with Gasteiger partial charge >= 0.3 is 0 Å². The highest BCUT2D eigenvalue weighted by atomic mass is 32.1. The molecule has 1 amide bonds. The van der Waals surface area contributed by atoms with E-state index in [0.29, 0.717) is 5.69 Å². The average molecular weight is 212 g/mol. The molecule has 5 heteroatoms. The summed E-state index contributed by atoms with van der Waals surface area (Å²) in [7, 11) is 0. The minimum Gasteiger partial charge on any atom is -0.393 e. The van der Waals surface area contributed by atoms with Crippen LogP contribution < -0.4 is 11.1 Å². The van der Waals surface area contributed by atoms with Crippen LogP contribution in [-0.2, 0) is 4.79 Å². The molecule has 0 unspecified atom stereocenters. The van der Waals surface area contributed by atoms with Gasteiger partial charge in [0.25, 0.3) is 0 Å². The second kappa shape index (κ2) is 4.66. The first kappa shape index (κ1) is 10.6. The summed E-state index contributed by atoms with van der Waals surface area (Å²) in [5, 5.41) is 2.53. The van der Waals surface area contributed by atoms with Crippen molar-refractivity contribution in [1.29, 1.82) is 0 Å². The molecule has 0 aliphatic carbocycles. The molecule has 0 fully saturated rings. The summed E-state index contributed by atoms with van der Waals surface area (Å²) in [4.78, 5) is 11.3. The van der Waals surface area contributed by atoms with E-state index in [2.05, 4.69) is 17.5 Å². The van der Waals surface area contributed by atoms with Crippen molar-refractivity contribution in [3.05, 3.63) is 30.1 Å². The molecule has 0 saturated heterocycles. The highest BCUT2D eigenvalue weighted by Gasteiger charge is 2.03. The predicted molar refractivity (Wildman–Crippen MR) is 56.4 cm³/mol. The number of nitrogens with two attached hydrogens (primary N) is 1. The summed E-state index contributed by atoms with van der Waals surface area (Å²) in [5.41, 5.74) is 5.70. The number of amides is 1. The summed E-state index contributed by atoms with van der Waals surface area (Å²) < 4.78 is 12.5. The maximum absolute atomic E-state index is 12.5. The highest BCUT2D eigenvalue weighted by Crippen LogP contribution is 2.08. The first-order valence-corrected chi connectivity index (χ1v) is 4.32. The normalized spacial score (nSPS) is 9.50. The molecule has 1 rings (SSSR count). The monoisotopic (exact) mass is 212 g/mol. The molecule has 3 N–H and O–H groups in total. The summed E-state index contributed by atoms with van der Waals surface area (Å²) in [6.45, 7) is 0. The van der Waals surface area contributed by atoms with Gasteiger partial charge in [0, 0.05) is 5.69 Å². The van der Waals surface area contributed by atoms with Gasteiger partial charge in [0.05, 0.1) is 11.4 Å². The van der Waals surface area contributed by atoms with Crippen LogP contribution in [0, 0.1) is 5.82 Å². The van der Waals surface area contributed by atoms with Gasteiger partial charge in [-0.25, -0.2) is 4.39 Å². The Labute approximate surface area is 86.1 Å². The van der Waals surface area contributed by atoms with E-state index in [4.69, 9.17) is 5.73 Å². The molecule has 1 aromatic carbocycles. The topological polar surface area (TPSA) is 55.1 Å². The van der Waals surface area contributed by atoms with E-state index in [1.54, 1.807) is 0 Å². The minimum atomic E-state index is -0.350. The van der Waals surface area contributed by atoms with E-state index < -0.39 is 0 Å². The standard InChI is InChI=1S/C9H9FN2OS/c10-6-1-3-7(4-2-6)12-9(13)5-8(11)14/h1-4H,5H2,(H2,11,14)(H,12,13). The van der Waals surface area contributed by atoms with E-state index in [1.165, 1.54) is 24.3 Å². The Kier molecular flexibility index (Phi) is 3.53. The molecule has 0 saturated carbocycles. The summed E-state index contributed by atoms with van der Waals surface area (Å²) in [6, 6.07) is 5.45. The molecule has 0 aliphatic rings. The van der Waals surface area contributed by atoms with Gasteiger partial charge in [-0.2, -0.15) is 0 Å². The fourth-order valence-electron chi connectivity index (χ4n) is 0.897. The largest absolute Gasteiger partial charge is 0.393 e. The second-order valence-electron chi connectivity index (χ2n) is 2.70. The number of nitrogens with one attached hydrogen (secondary N) is 1. The molecule has 0 bridgehead atoms. The molecule has 3 nitrogen and oxygen atoms in total. The van der Waals surface area contributed by atoms with E-state index >= 15 is 0 Å². The van der Waals surface area contributed by atoms with Gasteiger partial charge in [-0.05, 0) is 24.3 Å². The summed E-state index contributed by atoms with van der Waals surface area (Å²) >= 11 is 4.57. The SMILES string of the molecule is NC(=S)CC(=O)Nc1ccc(F)cc1. The van der Waals surface area contributed by atoms with Crippen LogP contribution >= 0.6 is 12.2 Å². The number of anilines is 1. The van der Waals surface area contributed by atoms with Gasteiger partial charge < -0.3 is 11.1 Å². The predicted octanol–water partition coefficient (Wildman–Crippen LogP) is 1.44. The van der Waals surface area contributed by atoms with E-state index in [1.807, 2.05) is 0 Å². The Morgan fingerprint density at radius 1 is 1.43 bits per heavy atom. The fraction of sp³-hybridized carbons (Fsp3) is 0.111. The summed E-state index contributed by atoms with van der Waals surface area (Å²) in [6.07, 6.45) is -0.00723. The minimum absolute atomic E-state index is 0.00723. The Balaban J connectivity index is 2.56. The Bertz CT molecular complexity index is 350. The molecule has 0 aliphatic heterocycles. The van der Waals surface area contributed by atoms with Crippen LogP contribution in [0.15, 0.2) is 24.3 Å². The lowest BCUT2D eigenvalue weighted by molar-refractivity contribution is -0.115. The number of benzene rings is 1. The van der Waals surface area contributed by atoms with Gasteiger partial charge in [-0.15, -0.1) is 0 Å². The molecule has 0 heterocycles. The highest BCUT2D eigenvalue weighted by molar-refractivity contribution is 7.80. The molecular formula is C9H9FN2OS. The molecule has 14 heavy (non-hydrogen) atoms. The number of hydrogen-bond donors (Lipinski definition) is 2. The van der Waals surface area contributed by atoms with Crippen molar-refractivity contribution in [2.24, 2.45) is 5.73 Å². The van der Waals surface area contributed by atoms with Crippen molar-refractivity contribution in [3.63, 3.8) is 0 Å². The van der Waals surface area contributed by atoms with E-state index in [9.17, 15) is 9.18 Å². The first-order valence-electron chi connectivity index (χ1n) is 3.91. The van der Waals surface area contributed by atoms with Crippen molar-refractivity contribution < 1.29 is 9.18 Å². The maximum atomic E-state index is 12.5. The average Bonchev–Trinajstić information content (AvgIpc) is 2.07. The smallest absolute Gasteiger partial charge is 0.231 e. The number of carbonyl (C=O) groups is 1. The van der Waals surface area contributed by atoms with Crippen LogP contribution in [0.3, 0.4) is 0 Å². The maximum Gasteiger partial charge on any atom is 0.231 e. The first-order chi connectivity index (χ1) is 6.58. The van der Waals surface area contributed by atoms with Crippen molar-refractivity contribution in [3.8, 4) is 0 Å². The Morgan fingerprint density at radius 2 is 2.00 bits per heavy atom. The second-order valence-corrected chi connectivity index (χ2v) is 3.22. The lowest BCUT2D eigenvalue weighted by Gasteiger charge is -2.03. The lowest BCUT2D eigenvalue weighted by atomic mass is 10.3. The molecule has 1 aromatic rings. The van der Waals surface area contributed by atoms with Crippen LogP contribution in [0.2, 0.25) is 0 Å². The third kappa shape index (κ3) is 3.49. The third-order valence-electron chi connectivity index (χ3n) is 1.46. The van der Waals surface area contributed by atoms with E-state index in [0.717, 1.165) is 0 Å². The van der Waals surface area contributed by atoms with Crippen LogP contribution in [-0.4, -0.2) is 10.9 Å². The number of hydrogen-bond acceptors (Lipinski definition) is 2. The van der Waals surface area contributed by atoms with Crippen molar-refractivity contribution >= 4 is 28.8 Å². The van der Waals surface area contributed by atoms with Crippen LogP contribution in [0.1, 0.15) is 6.42 Å². The number of halogens is 1. The zero-order valence-electron chi connectivity index (χ0n) is 7.29. The molecule has 0 aromatic heterocycles. The number of rotatable bonds is 3. The van der Waals surface area contributed by atoms with Crippen LogP contribution in [0.5, 0.6) is 0 Å². The van der Waals surface area contributed by atoms with E-state index in [-0.39, 0.29) is 23.1 Å². The van der Waals surface area contributed by atoms with Crippen molar-refractivity contribution in [2.75, 3.05) is 5.32 Å². The van der Waals surface area contributed by atoms with Gasteiger partial charge in [-0.3, -0.25) is 4.79 Å². The molecule has 0 radical (unpaired) electrons. The zero-order chi connectivity index (χ0) is 10.6. The molecule has 0 spiro atoms.